The lowest BCUT2D eigenvalue weighted by Gasteiger charge is -2.29. The van der Waals surface area contributed by atoms with E-state index in [9.17, 15) is 19.2 Å². The molecule has 244 valence electrons. The van der Waals surface area contributed by atoms with Gasteiger partial charge in [-0.1, -0.05) is 40.2 Å². The van der Waals surface area contributed by atoms with E-state index < -0.39 is 54.5 Å². The van der Waals surface area contributed by atoms with Gasteiger partial charge in [0.1, 0.15) is 23.2 Å². The number of ether oxygens (including phenoxy) is 4. The second-order valence-corrected chi connectivity index (χ2v) is 9.23. The van der Waals surface area contributed by atoms with Crippen molar-refractivity contribution in [3.8, 4) is 11.5 Å². The van der Waals surface area contributed by atoms with Gasteiger partial charge < -0.3 is 24.3 Å². The van der Waals surface area contributed by atoms with E-state index >= 15 is 0 Å². The minimum atomic E-state index is -3.06. The number of hydrogen-bond acceptors (Lipinski definition) is 10. The number of methoxy groups -OCH3 is 2. The molecule has 0 aliphatic carbocycles. The normalized spacial score (nSPS) is 20.9. The van der Waals surface area contributed by atoms with Crippen molar-refractivity contribution < 1.29 is 51.8 Å². The van der Waals surface area contributed by atoms with Gasteiger partial charge in [-0.3, -0.25) is 24.1 Å². The van der Waals surface area contributed by atoms with Crippen molar-refractivity contribution in [2.24, 2.45) is 5.92 Å². The molecule has 0 radical (unpaired) electrons. The summed E-state index contributed by atoms with van der Waals surface area (Å²) in [5, 5.41) is 0.378. The van der Waals surface area contributed by atoms with Crippen LogP contribution in [0.5, 0.6) is 11.5 Å². The first-order valence-corrected chi connectivity index (χ1v) is 14.4. The topological polar surface area (TPSA) is 120 Å². The number of nitrogens with one attached hydrogen (secondary N) is 1. The SMILES string of the molecule is COc1ccc(CNCC(C)=O)cc1.[2H]C([2H])(Br)C([2H])([2H])C([2H])([2H])C(=O)OCC.[2H]C1([2H])C(C(=O)OCC)C(=O)CN(Cc2ccc(OC)cc2)C1([2H])[2H]. The average Bonchev–Trinajstić information content (AvgIpc) is 3.08. The van der Waals surface area contributed by atoms with Gasteiger partial charge in [0, 0.05) is 44.9 Å². The number of rotatable bonds is 14. The van der Waals surface area contributed by atoms with Crippen molar-refractivity contribution in [1.82, 2.24) is 10.2 Å². The Kier molecular flexibility index (Phi) is 13.1. The molecule has 0 bridgehead atoms. The summed E-state index contributed by atoms with van der Waals surface area (Å²) >= 11 is 2.37. The molecule has 1 saturated heterocycles. The van der Waals surface area contributed by atoms with Crippen LogP contribution in [-0.2, 0) is 41.7 Å². The van der Waals surface area contributed by atoms with Crippen molar-refractivity contribution in [3.63, 3.8) is 0 Å². The van der Waals surface area contributed by atoms with Gasteiger partial charge in [0.15, 0.2) is 5.78 Å². The Labute approximate surface area is 283 Å². The summed E-state index contributed by atoms with van der Waals surface area (Å²) in [5.74, 6) is -3.26. The van der Waals surface area contributed by atoms with Crippen LogP contribution in [0.2, 0.25) is 0 Å². The number of nitrogens with zero attached hydrogens (tertiary/aromatic N) is 1. The van der Waals surface area contributed by atoms with Crippen molar-refractivity contribution in [2.75, 3.05) is 52.3 Å². The fourth-order valence-corrected chi connectivity index (χ4v) is 3.49. The molecular weight excluding hydrogens is 632 g/mol. The fourth-order valence-electron chi connectivity index (χ4n) is 3.39. The van der Waals surface area contributed by atoms with Gasteiger partial charge in [-0.05, 0) is 68.9 Å². The van der Waals surface area contributed by atoms with Crippen molar-refractivity contribution in [1.29, 1.82) is 0 Å². The monoisotopic (exact) mass is 688 g/mol. The predicted octanol–water partition coefficient (Wildman–Crippen LogP) is 4.75. The molecule has 0 amide bonds. The van der Waals surface area contributed by atoms with Crippen LogP contribution in [0.4, 0.5) is 0 Å². The van der Waals surface area contributed by atoms with E-state index in [-0.39, 0.29) is 32.1 Å². The van der Waals surface area contributed by atoms with E-state index in [4.69, 9.17) is 27.9 Å². The molecule has 1 N–H and O–H groups in total. The van der Waals surface area contributed by atoms with Crippen LogP contribution in [0.3, 0.4) is 0 Å². The molecule has 3 rings (SSSR count). The van der Waals surface area contributed by atoms with Crippen LogP contribution in [-0.4, -0.2) is 80.7 Å². The number of carbonyl (C=O) groups is 4. The molecule has 44 heavy (non-hydrogen) atoms. The summed E-state index contributed by atoms with van der Waals surface area (Å²) in [6, 6.07) is 14.6. The highest BCUT2D eigenvalue weighted by molar-refractivity contribution is 9.09. The number of carbonyl (C=O) groups excluding carboxylic acids is 4. The van der Waals surface area contributed by atoms with Gasteiger partial charge in [-0.15, -0.1) is 0 Å². The van der Waals surface area contributed by atoms with Crippen LogP contribution >= 0.6 is 15.9 Å². The van der Waals surface area contributed by atoms with E-state index in [1.165, 1.54) is 14.0 Å². The molecule has 1 atom stereocenters. The Morgan fingerprint density at radius 2 is 1.55 bits per heavy atom. The Morgan fingerprint density at radius 1 is 0.977 bits per heavy atom. The van der Waals surface area contributed by atoms with Gasteiger partial charge in [0.2, 0.25) is 0 Å². The summed E-state index contributed by atoms with van der Waals surface area (Å²) in [7, 11) is 3.17. The van der Waals surface area contributed by atoms with Crippen LogP contribution in [0, 0.1) is 5.92 Å². The number of likely N-dealkylation sites (tertiary alicyclic amines) is 1. The molecule has 11 heteroatoms. The van der Waals surface area contributed by atoms with Crippen LogP contribution in [0.15, 0.2) is 48.5 Å². The quantitative estimate of drug-likeness (QED) is 0.169. The van der Waals surface area contributed by atoms with Crippen LogP contribution < -0.4 is 14.8 Å². The zero-order chi connectivity index (χ0) is 41.7. The van der Waals surface area contributed by atoms with Gasteiger partial charge in [-0.25, -0.2) is 0 Å². The second kappa shape index (κ2) is 23.1. The molecule has 10 nitrogen and oxygen atoms in total. The number of ketones is 2. The molecule has 1 fully saturated rings. The molecular formula is C33H47BrN2O8. The number of piperidine rings is 1. The molecule has 0 saturated carbocycles. The molecule has 1 aliphatic heterocycles. The number of alkyl halides is 1. The molecule has 1 aliphatic rings. The maximum absolute atomic E-state index is 12.3. The van der Waals surface area contributed by atoms with Crippen molar-refractivity contribution >= 4 is 39.4 Å². The lowest BCUT2D eigenvalue weighted by Crippen LogP contribution is -2.43. The van der Waals surface area contributed by atoms with Gasteiger partial charge in [0.25, 0.3) is 0 Å². The highest BCUT2D eigenvalue weighted by Gasteiger charge is 2.33. The lowest BCUT2D eigenvalue weighted by atomic mass is 9.95. The number of halogens is 1. The summed E-state index contributed by atoms with van der Waals surface area (Å²) < 4.78 is 94.9. The molecule has 1 unspecified atom stereocenters. The van der Waals surface area contributed by atoms with Gasteiger partial charge >= 0.3 is 11.9 Å². The molecule has 0 aromatic heterocycles. The second-order valence-electron chi connectivity index (χ2n) is 8.83. The zero-order valence-corrected chi connectivity index (χ0v) is 27.1. The largest absolute Gasteiger partial charge is 0.497 e. The van der Waals surface area contributed by atoms with E-state index in [1.807, 2.05) is 24.3 Å². The van der Waals surface area contributed by atoms with Crippen molar-refractivity contribution in [3.05, 3.63) is 59.7 Å². The predicted molar refractivity (Wildman–Crippen MR) is 173 cm³/mol. The first-order valence-electron chi connectivity index (χ1n) is 18.6. The summed E-state index contributed by atoms with van der Waals surface area (Å²) in [4.78, 5) is 47.2. The minimum Gasteiger partial charge on any atom is -0.497 e. The zero-order valence-electron chi connectivity index (χ0n) is 35.5. The first kappa shape index (κ1) is 25.0. The standard InChI is InChI=1S/C16H21NO4.C11H15NO2.C6H11BrO2/c1-3-21-16(19)14-8-9-17(11-15(14)18)10-12-4-6-13(20-2)7-5-12;1-9(13)7-12-8-10-3-5-11(14-2)6-4-10;1-2-9-6(8)4-3-5-7/h4-7,14H,3,8-11H2,1-2H3;3-6,12H,7-8H2,1-2H3;2-5H2,1H3/i8D2,9D2;;3D2,4D2,5D2. The Balaban J connectivity index is 0.000000433. The first-order chi connectivity index (χ1) is 24.8. The van der Waals surface area contributed by atoms with Crippen LogP contribution in [0.25, 0.3) is 0 Å². The molecule has 2 aromatic rings. The summed E-state index contributed by atoms with van der Waals surface area (Å²) in [6.07, 6.45) is -8.80. The third-order valence-electron chi connectivity index (χ3n) is 5.44. The fraction of sp³-hybridized carbons (Fsp3) is 0.515. The highest BCUT2D eigenvalue weighted by Crippen LogP contribution is 2.19. The molecule has 1 heterocycles. The van der Waals surface area contributed by atoms with E-state index in [0.717, 1.165) is 16.2 Å². The van der Waals surface area contributed by atoms with Crippen molar-refractivity contribution in [2.45, 2.75) is 53.0 Å². The third-order valence-corrected chi connectivity index (χ3v) is 5.64. The smallest absolute Gasteiger partial charge is 0.316 e. The maximum Gasteiger partial charge on any atom is 0.316 e. The Bertz CT molecular complexity index is 1540. The number of Topliss-reactive ketones (excluding diaryl/α,β-unsaturated/α-hetero) is 2. The molecule has 2 aromatic carbocycles. The minimum absolute atomic E-state index is 0.00272. The lowest BCUT2D eigenvalue weighted by molar-refractivity contribution is -0.154. The number of benzene rings is 2. The molecule has 0 spiro atoms. The number of esters is 2. The van der Waals surface area contributed by atoms with Gasteiger partial charge in [-0.2, -0.15) is 0 Å². The highest BCUT2D eigenvalue weighted by atomic mass is 79.9. The van der Waals surface area contributed by atoms with Crippen LogP contribution in [0.1, 0.15) is 64.7 Å². The third kappa shape index (κ3) is 16.5. The summed E-state index contributed by atoms with van der Waals surface area (Å²) in [5.41, 5.74) is 1.84. The van der Waals surface area contributed by atoms with E-state index in [2.05, 4.69) is 26.0 Å². The van der Waals surface area contributed by atoms with E-state index in [0.29, 0.717) is 24.4 Å². The summed E-state index contributed by atoms with van der Waals surface area (Å²) in [6.45, 7) is 2.74. The Hall–Kier alpha value is -3.28. The number of hydrogen-bond donors (Lipinski definition) is 1. The average molecular weight is 690 g/mol. The Morgan fingerprint density at radius 3 is 2.05 bits per heavy atom. The van der Waals surface area contributed by atoms with Gasteiger partial charge in [0.05, 0.1) is 40.5 Å². The maximum atomic E-state index is 12.3. The van der Waals surface area contributed by atoms with E-state index in [1.54, 1.807) is 45.2 Å².